The van der Waals surface area contributed by atoms with Gasteiger partial charge in [0, 0.05) is 16.9 Å². The largest absolute Gasteiger partial charge is 0.388 e. The summed E-state index contributed by atoms with van der Waals surface area (Å²) in [5.74, 6) is -0.667. The van der Waals surface area contributed by atoms with Gasteiger partial charge in [0.05, 0.1) is 5.60 Å². The summed E-state index contributed by atoms with van der Waals surface area (Å²) in [6.45, 7) is 3.47. The molecule has 2 nitrogen and oxygen atoms in total. The quantitative estimate of drug-likeness (QED) is 0.890. The zero-order valence-electron chi connectivity index (χ0n) is 8.80. The Morgan fingerprint density at radius 3 is 2.73 bits per heavy atom. The Hall–Kier alpha value is -0.450. The van der Waals surface area contributed by atoms with Gasteiger partial charge in [-0.05, 0) is 30.7 Å². The summed E-state index contributed by atoms with van der Waals surface area (Å²) in [6.07, 6.45) is 0. The summed E-state index contributed by atoms with van der Waals surface area (Å²) in [4.78, 5) is 0. The van der Waals surface area contributed by atoms with Crippen LogP contribution in [0.15, 0.2) is 22.7 Å². The van der Waals surface area contributed by atoms with E-state index in [1.165, 1.54) is 6.07 Å². The highest BCUT2D eigenvalue weighted by molar-refractivity contribution is 9.10. The molecule has 84 valence electrons. The molecular formula is C11H15BrFNO. The van der Waals surface area contributed by atoms with Crippen LogP contribution in [-0.4, -0.2) is 17.3 Å². The second-order valence-corrected chi connectivity index (χ2v) is 4.86. The lowest BCUT2D eigenvalue weighted by Crippen LogP contribution is -2.39. The van der Waals surface area contributed by atoms with Crippen molar-refractivity contribution >= 4 is 15.9 Å². The number of halogens is 2. The van der Waals surface area contributed by atoms with Crippen LogP contribution in [0.2, 0.25) is 0 Å². The van der Waals surface area contributed by atoms with E-state index in [0.717, 1.165) is 4.47 Å². The third-order valence-electron chi connectivity index (χ3n) is 2.77. The van der Waals surface area contributed by atoms with Crippen molar-refractivity contribution in [3.05, 3.63) is 34.1 Å². The lowest BCUT2D eigenvalue weighted by molar-refractivity contribution is 0.0440. The summed E-state index contributed by atoms with van der Waals surface area (Å²) < 4.78 is 14.3. The summed E-state index contributed by atoms with van der Waals surface area (Å²) in [6, 6.07) is 4.68. The smallest absolute Gasteiger partial charge is 0.126 e. The monoisotopic (exact) mass is 275 g/mol. The topological polar surface area (TPSA) is 46.2 Å². The van der Waals surface area contributed by atoms with Gasteiger partial charge in [-0.1, -0.05) is 22.9 Å². The van der Waals surface area contributed by atoms with E-state index in [1.54, 1.807) is 26.0 Å². The molecule has 0 aliphatic carbocycles. The van der Waals surface area contributed by atoms with Gasteiger partial charge in [-0.2, -0.15) is 0 Å². The first-order valence-corrected chi connectivity index (χ1v) is 5.55. The molecule has 0 aliphatic heterocycles. The molecule has 1 rings (SSSR count). The van der Waals surface area contributed by atoms with Crippen molar-refractivity contribution in [1.82, 2.24) is 0 Å². The fraction of sp³-hybridized carbons (Fsp3) is 0.455. The van der Waals surface area contributed by atoms with E-state index in [1.807, 2.05) is 0 Å². The summed E-state index contributed by atoms with van der Waals surface area (Å²) >= 11 is 3.27. The van der Waals surface area contributed by atoms with E-state index in [9.17, 15) is 9.50 Å². The van der Waals surface area contributed by atoms with Gasteiger partial charge in [0.15, 0.2) is 0 Å². The molecule has 0 aliphatic rings. The van der Waals surface area contributed by atoms with Crippen LogP contribution in [0, 0.1) is 5.82 Å². The highest BCUT2D eigenvalue weighted by Crippen LogP contribution is 2.30. The molecule has 3 N–H and O–H groups in total. The number of nitrogens with two attached hydrogens (primary N) is 1. The maximum Gasteiger partial charge on any atom is 0.126 e. The van der Waals surface area contributed by atoms with Crippen LogP contribution in [0.4, 0.5) is 4.39 Å². The molecule has 0 bridgehead atoms. The van der Waals surface area contributed by atoms with E-state index in [-0.39, 0.29) is 18.3 Å². The second kappa shape index (κ2) is 4.60. The predicted octanol–water partition coefficient (Wildman–Crippen LogP) is 2.40. The fourth-order valence-corrected chi connectivity index (χ4v) is 1.74. The Balaban J connectivity index is 3.10. The lowest BCUT2D eigenvalue weighted by Gasteiger charge is -2.29. The second-order valence-electron chi connectivity index (χ2n) is 3.95. The van der Waals surface area contributed by atoms with Crippen molar-refractivity contribution in [2.75, 3.05) is 6.54 Å². The minimum atomic E-state index is -1.10. The average Bonchev–Trinajstić information content (AvgIpc) is 2.20. The van der Waals surface area contributed by atoms with E-state index in [2.05, 4.69) is 15.9 Å². The third-order valence-corrected chi connectivity index (χ3v) is 3.26. The molecule has 15 heavy (non-hydrogen) atoms. The van der Waals surface area contributed by atoms with Crippen LogP contribution in [0.3, 0.4) is 0 Å². The molecule has 2 unspecified atom stereocenters. The Morgan fingerprint density at radius 2 is 2.20 bits per heavy atom. The van der Waals surface area contributed by atoms with E-state index in [4.69, 9.17) is 5.73 Å². The van der Waals surface area contributed by atoms with Crippen molar-refractivity contribution in [3.8, 4) is 0 Å². The summed E-state index contributed by atoms with van der Waals surface area (Å²) in [5.41, 5.74) is 4.82. The molecule has 0 fully saturated rings. The summed E-state index contributed by atoms with van der Waals surface area (Å²) in [5, 5.41) is 9.95. The Kier molecular flexibility index (Phi) is 3.87. The van der Waals surface area contributed by atoms with Crippen molar-refractivity contribution in [2.45, 2.75) is 25.4 Å². The number of rotatable bonds is 3. The minimum Gasteiger partial charge on any atom is -0.388 e. The van der Waals surface area contributed by atoms with Gasteiger partial charge in [0.1, 0.15) is 5.82 Å². The van der Waals surface area contributed by atoms with Gasteiger partial charge in [0.25, 0.3) is 0 Å². The van der Waals surface area contributed by atoms with Crippen LogP contribution in [0.5, 0.6) is 0 Å². The number of benzene rings is 1. The van der Waals surface area contributed by atoms with E-state index >= 15 is 0 Å². The molecular weight excluding hydrogens is 261 g/mol. The van der Waals surface area contributed by atoms with Gasteiger partial charge in [0.2, 0.25) is 0 Å². The van der Waals surface area contributed by atoms with E-state index in [0.29, 0.717) is 5.56 Å². The number of hydrogen-bond acceptors (Lipinski definition) is 2. The molecule has 1 aromatic rings. The van der Waals surface area contributed by atoms with Crippen molar-refractivity contribution < 1.29 is 9.50 Å². The molecule has 0 aromatic heterocycles. The third kappa shape index (κ3) is 2.77. The molecule has 0 heterocycles. The number of aliphatic hydroxyl groups is 1. The van der Waals surface area contributed by atoms with Crippen molar-refractivity contribution in [1.29, 1.82) is 0 Å². The highest BCUT2D eigenvalue weighted by Gasteiger charge is 2.29. The maximum absolute atomic E-state index is 13.5. The van der Waals surface area contributed by atoms with Gasteiger partial charge in [-0.3, -0.25) is 0 Å². The molecule has 4 heteroatoms. The molecule has 0 amide bonds. The number of hydrogen-bond donors (Lipinski definition) is 2. The zero-order valence-corrected chi connectivity index (χ0v) is 10.4. The normalized spacial score (nSPS) is 17.2. The van der Waals surface area contributed by atoms with Crippen LogP contribution < -0.4 is 5.73 Å². The highest BCUT2D eigenvalue weighted by atomic mass is 79.9. The molecule has 1 aromatic carbocycles. The van der Waals surface area contributed by atoms with Gasteiger partial charge in [-0.15, -0.1) is 0 Å². The van der Waals surface area contributed by atoms with Crippen LogP contribution in [0.1, 0.15) is 25.3 Å². The summed E-state index contributed by atoms with van der Waals surface area (Å²) in [7, 11) is 0. The first kappa shape index (κ1) is 12.6. The first-order valence-electron chi connectivity index (χ1n) is 4.76. The fourth-order valence-electron chi connectivity index (χ4n) is 1.36. The zero-order chi connectivity index (χ0) is 11.6. The maximum atomic E-state index is 13.5. The van der Waals surface area contributed by atoms with E-state index < -0.39 is 5.60 Å². The predicted molar refractivity (Wildman–Crippen MR) is 62.2 cm³/mol. The molecule has 0 saturated carbocycles. The molecule has 0 radical (unpaired) electrons. The minimum absolute atomic E-state index is 0.0973. The van der Waals surface area contributed by atoms with Gasteiger partial charge < -0.3 is 10.8 Å². The van der Waals surface area contributed by atoms with Crippen molar-refractivity contribution in [3.63, 3.8) is 0 Å². The van der Waals surface area contributed by atoms with Crippen LogP contribution >= 0.6 is 15.9 Å². The first-order chi connectivity index (χ1) is 6.88. The standard InChI is InChI=1S/C11H15BrFNO/c1-7(11(2,15)6-14)9-5-8(12)3-4-10(9)13/h3-5,7,15H,6,14H2,1-2H3. The molecule has 0 spiro atoms. The Labute approximate surface area is 97.4 Å². The molecule has 0 saturated heterocycles. The Morgan fingerprint density at radius 1 is 1.60 bits per heavy atom. The lowest BCUT2D eigenvalue weighted by atomic mass is 9.85. The van der Waals surface area contributed by atoms with Gasteiger partial charge in [-0.25, -0.2) is 4.39 Å². The van der Waals surface area contributed by atoms with Gasteiger partial charge >= 0.3 is 0 Å². The van der Waals surface area contributed by atoms with Crippen LogP contribution in [-0.2, 0) is 0 Å². The van der Waals surface area contributed by atoms with Crippen molar-refractivity contribution in [2.24, 2.45) is 5.73 Å². The Bertz CT molecular complexity index is 354. The van der Waals surface area contributed by atoms with Crippen LogP contribution in [0.25, 0.3) is 0 Å². The SMILES string of the molecule is CC(c1cc(Br)ccc1F)C(C)(O)CN. The molecule has 2 atom stereocenters. The average molecular weight is 276 g/mol.